The van der Waals surface area contributed by atoms with Crippen LogP contribution in [0, 0.1) is 27.9 Å². The number of ketones is 3. The average Bonchev–Trinajstić information content (AvgIpc) is 3.17. The summed E-state index contributed by atoms with van der Waals surface area (Å²) in [6, 6.07) is 3.58. The van der Waals surface area contributed by atoms with Crippen molar-refractivity contribution >= 4 is 34.6 Å². The molecule has 3 atom stereocenters. The van der Waals surface area contributed by atoms with E-state index in [-0.39, 0.29) is 28.8 Å². The molecule has 1 unspecified atom stereocenters. The van der Waals surface area contributed by atoms with Gasteiger partial charge in [-0.3, -0.25) is 24.5 Å². The molecule has 7 heteroatoms. The smallest absolute Gasteiger partial charge is 0.281 e. The molecule has 21 heavy (non-hydrogen) atoms. The van der Waals surface area contributed by atoms with E-state index in [0.29, 0.717) is 6.42 Å². The van der Waals surface area contributed by atoms with Crippen LogP contribution < -0.4 is 0 Å². The summed E-state index contributed by atoms with van der Waals surface area (Å²) in [7, 11) is 0. The third-order valence-corrected chi connectivity index (χ3v) is 4.28. The molecule has 0 bridgehead atoms. The maximum Gasteiger partial charge on any atom is 0.281 e. The number of nitro benzene ring substituents is 1. The van der Waals surface area contributed by atoms with Gasteiger partial charge in [-0.25, -0.2) is 0 Å². The molecule has 2 aliphatic rings. The molecule has 0 aromatic heterocycles. The van der Waals surface area contributed by atoms with E-state index in [1.807, 2.05) is 0 Å². The monoisotopic (exact) mass is 307 g/mol. The number of nitro groups is 1. The zero-order valence-electron chi connectivity index (χ0n) is 10.7. The van der Waals surface area contributed by atoms with Crippen LogP contribution in [0.5, 0.6) is 0 Å². The SMILES string of the molecule is O=C1C[C@H]2C[C@H]2C(=O)C1C(=O)c1ccc(Cl)cc1[N+](=O)[O-]. The van der Waals surface area contributed by atoms with Crippen molar-refractivity contribution in [1.29, 1.82) is 0 Å². The normalized spacial score (nSPS) is 27.2. The second kappa shape index (κ2) is 4.73. The van der Waals surface area contributed by atoms with E-state index < -0.39 is 33.9 Å². The van der Waals surface area contributed by atoms with Crippen LogP contribution in [0.15, 0.2) is 18.2 Å². The highest BCUT2D eigenvalue weighted by molar-refractivity contribution is 6.31. The summed E-state index contributed by atoms with van der Waals surface area (Å²) in [6.45, 7) is 0. The number of carbonyl (C=O) groups is 3. The number of nitrogens with zero attached hydrogens (tertiary/aromatic N) is 1. The lowest BCUT2D eigenvalue weighted by Crippen LogP contribution is -2.37. The highest BCUT2D eigenvalue weighted by atomic mass is 35.5. The molecule has 0 saturated heterocycles. The van der Waals surface area contributed by atoms with Crippen molar-refractivity contribution in [3.05, 3.63) is 38.9 Å². The van der Waals surface area contributed by atoms with Crippen LogP contribution >= 0.6 is 11.6 Å². The molecule has 0 heterocycles. The van der Waals surface area contributed by atoms with Gasteiger partial charge in [-0.15, -0.1) is 0 Å². The number of fused-ring (bicyclic) bond motifs is 1. The molecule has 1 aromatic rings. The zero-order valence-corrected chi connectivity index (χ0v) is 11.5. The van der Waals surface area contributed by atoms with Crippen molar-refractivity contribution in [2.24, 2.45) is 17.8 Å². The minimum absolute atomic E-state index is 0.0641. The fourth-order valence-electron chi connectivity index (χ4n) is 2.87. The largest absolute Gasteiger partial charge is 0.298 e. The van der Waals surface area contributed by atoms with Gasteiger partial charge in [0.2, 0.25) is 0 Å². The Morgan fingerprint density at radius 2 is 2.05 bits per heavy atom. The molecule has 0 aliphatic heterocycles. The van der Waals surface area contributed by atoms with E-state index in [4.69, 9.17) is 11.6 Å². The molecule has 2 fully saturated rings. The Balaban J connectivity index is 2.00. The molecule has 0 radical (unpaired) electrons. The lowest BCUT2D eigenvalue weighted by molar-refractivity contribution is -0.385. The van der Waals surface area contributed by atoms with Crippen LogP contribution in [0.4, 0.5) is 5.69 Å². The Labute approximate surface area is 124 Å². The van der Waals surface area contributed by atoms with E-state index in [1.165, 1.54) is 12.1 Å². The first-order chi connectivity index (χ1) is 9.90. The lowest BCUT2D eigenvalue weighted by atomic mass is 9.81. The Kier molecular flexibility index (Phi) is 3.13. The summed E-state index contributed by atoms with van der Waals surface area (Å²) in [5.74, 6) is -3.19. The maximum absolute atomic E-state index is 12.4. The van der Waals surface area contributed by atoms with Gasteiger partial charge in [0.05, 0.1) is 10.5 Å². The second-order valence-electron chi connectivity index (χ2n) is 5.39. The molecule has 108 valence electrons. The Morgan fingerprint density at radius 1 is 1.33 bits per heavy atom. The highest BCUT2D eigenvalue weighted by Gasteiger charge is 2.55. The number of hydrogen-bond donors (Lipinski definition) is 0. The van der Waals surface area contributed by atoms with E-state index in [2.05, 4.69) is 0 Å². The van der Waals surface area contributed by atoms with Gasteiger partial charge in [-0.1, -0.05) is 11.6 Å². The number of carbonyl (C=O) groups excluding carboxylic acids is 3. The first-order valence-corrected chi connectivity index (χ1v) is 6.82. The summed E-state index contributed by atoms with van der Waals surface area (Å²) in [6.07, 6.45) is 0.839. The van der Waals surface area contributed by atoms with Crippen molar-refractivity contribution in [3.8, 4) is 0 Å². The van der Waals surface area contributed by atoms with Gasteiger partial charge in [0.1, 0.15) is 5.92 Å². The van der Waals surface area contributed by atoms with Gasteiger partial charge in [-0.2, -0.15) is 0 Å². The molecule has 1 aromatic carbocycles. The van der Waals surface area contributed by atoms with Crippen molar-refractivity contribution in [2.75, 3.05) is 0 Å². The molecule has 0 amide bonds. The Morgan fingerprint density at radius 3 is 2.71 bits per heavy atom. The molecule has 3 rings (SSSR count). The van der Waals surface area contributed by atoms with E-state index in [0.717, 1.165) is 6.07 Å². The standard InChI is InChI=1S/C14H10ClNO5/c15-7-1-2-8(10(5-7)16(20)21)13(18)12-11(17)4-6-3-9(6)14(12)19/h1-2,5-6,9,12H,3-4H2/t6-,9-,12?/m1/s1. The van der Waals surface area contributed by atoms with Crippen molar-refractivity contribution in [3.63, 3.8) is 0 Å². The number of rotatable bonds is 3. The van der Waals surface area contributed by atoms with Crippen LogP contribution in [0.1, 0.15) is 23.2 Å². The van der Waals surface area contributed by atoms with Crippen LogP contribution in [0.2, 0.25) is 5.02 Å². The quantitative estimate of drug-likeness (QED) is 0.369. The van der Waals surface area contributed by atoms with E-state index in [9.17, 15) is 24.5 Å². The summed E-state index contributed by atoms with van der Waals surface area (Å²) in [5.41, 5.74) is -0.721. The maximum atomic E-state index is 12.4. The third kappa shape index (κ3) is 2.25. The molecular formula is C14H10ClNO5. The predicted octanol–water partition coefficient (Wildman–Crippen LogP) is 2.23. The molecule has 0 spiro atoms. The van der Waals surface area contributed by atoms with Crippen molar-refractivity contribution < 1.29 is 19.3 Å². The summed E-state index contributed by atoms with van der Waals surface area (Å²) >= 11 is 5.69. The number of hydrogen-bond acceptors (Lipinski definition) is 5. The third-order valence-electron chi connectivity index (χ3n) is 4.04. The van der Waals surface area contributed by atoms with E-state index >= 15 is 0 Å². The van der Waals surface area contributed by atoms with Crippen LogP contribution in [0.25, 0.3) is 0 Å². The minimum atomic E-state index is -1.39. The number of halogens is 1. The Bertz CT molecular complexity index is 699. The topological polar surface area (TPSA) is 94.3 Å². The fourth-order valence-corrected chi connectivity index (χ4v) is 3.03. The average molecular weight is 308 g/mol. The first-order valence-electron chi connectivity index (χ1n) is 6.44. The first kappa shape index (κ1) is 13.9. The summed E-state index contributed by atoms with van der Waals surface area (Å²) < 4.78 is 0. The number of Topliss-reactive ketones (excluding diaryl/α,β-unsaturated/α-hetero) is 3. The predicted molar refractivity (Wildman–Crippen MR) is 72.2 cm³/mol. The summed E-state index contributed by atoms with van der Waals surface area (Å²) in [5, 5.41) is 11.1. The van der Waals surface area contributed by atoms with Gasteiger partial charge in [0.25, 0.3) is 5.69 Å². The van der Waals surface area contributed by atoms with Crippen LogP contribution in [-0.2, 0) is 9.59 Å². The molecule has 2 saturated carbocycles. The Hall–Kier alpha value is -2.08. The lowest BCUT2D eigenvalue weighted by Gasteiger charge is -2.17. The van der Waals surface area contributed by atoms with Crippen LogP contribution in [-0.4, -0.2) is 22.3 Å². The van der Waals surface area contributed by atoms with Gasteiger partial charge >= 0.3 is 0 Å². The van der Waals surface area contributed by atoms with Crippen LogP contribution in [0.3, 0.4) is 0 Å². The van der Waals surface area contributed by atoms with Gasteiger partial charge < -0.3 is 0 Å². The van der Waals surface area contributed by atoms with Crippen molar-refractivity contribution in [1.82, 2.24) is 0 Å². The highest BCUT2D eigenvalue weighted by Crippen LogP contribution is 2.48. The zero-order chi connectivity index (χ0) is 15.3. The second-order valence-corrected chi connectivity index (χ2v) is 5.83. The molecule has 6 nitrogen and oxygen atoms in total. The fraction of sp³-hybridized carbons (Fsp3) is 0.357. The van der Waals surface area contributed by atoms with E-state index in [1.54, 1.807) is 0 Å². The van der Waals surface area contributed by atoms with Gasteiger partial charge in [0, 0.05) is 23.4 Å². The number of benzene rings is 1. The van der Waals surface area contributed by atoms with Crippen molar-refractivity contribution in [2.45, 2.75) is 12.8 Å². The molecule has 0 N–H and O–H groups in total. The summed E-state index contributed by atoms with van der Waals surface area (Å²) in [4.78, 5) is 46.8. The van der Waals surface area contributed by atoms with Gasteiger partial charge in [-0.05, 0) is 24.5 Å². The van der Waals surface area contributed by atoms with Gasteiger partial charge in [0.15, 0.2) is 17.3 Å². The molecular weight excluding hydrogens is 298 g/mol. The molecule has 2 aliphatic carbocycles. The minimum Gasteiger partial charge on any atom is -0.298 e.